The molecule has 0 spiro atoms. The maximum atomic E-state index is 11.9. The highest BCUT2D eigenvalue weighted by atomic mass is 16.6. The molecule has 0 radical (unpaired) electrons. The fourth-order valence-electron chi connectivity index (χ4n) is 2.07. The van der Waals surface area contributed by atoms with Crippen molar-refractivity contribution in [1.82, 2.24) is 0 Å². The Labute approximate surface area is 152 Å². The van der Waals surface area contributed by atoms with E-state index < -0.39 is 17.9 Å². The minimum Gasteiger partial charge on any atom is -0.465 e. The molecule has 0 N–H and O–H groups in total. The topological polar surface area (TPSA) is 74.2 Å². The van der Waals surface area contributed by atoms with Crippen molar-refractivity contribution in [2.24, 2.45) is 10.9 Å². The Bertz CT molecular complexity index is 723. The van der Waals surface area contributed by atoms with Gasteiger partial charge < -0.3 is 14.2 Å². The highest BCUT2D eigenvalue weighted by Gasteiger charge is 2.27. The van der Waals surface area contributed by atoms with Crippen molar-refractivity contribution in [3.05, 3.63) is 54.6 Å². The number of benzene rings is 2. The van der Waals surface area contributed by atoms with E-state index in [-0.39, 0.29) is 13.2 Å². The van der Waals surface area contributed by atoms with Crippen LogP contribution in [0.2, 0.25) is 0 Å². The fourth-order valence-corrected chi connectivity index (χ4v) is 2.07. The second-order valence-electron chi connectivity index (χ2n) is 5.17. The molecule has 0 fully saturated rings. The molecule has 0 bridgehead atoms. The minimum atomic E-state index is -1.19. The summed E-state index contributed by atoms with van der Waals surface area (Å²) in [6.45, 7) is 3.69. The number of carbonyl (C=O) groups excluding carboxylic acids is 2. The molecule has 0 unspecified atom stereocenters. The molecule has 6 nitrogen and oxygen atoms in total. The molecule has 0 saturated carbocycles. The summed E-state index contributed by atoms with van der Waals surface area (Å²) in [4.78, 5) is 28.0. The maximum absolute atomic E-state index is 11.9. The number of rotatable bonds is 8. The summed E-state index contributed by atoms with van der Waals surface area (Å²) in [5.41, 5.74) is 0.573. The van der Waals surface area contributed by atoms with Crippen LogP contribution in [0.5, 0.6) is 11.5 Å². The Kier molecular flexibility index (Phi) is 7.36. The molecule has 2 rings (SSSR count). The van der Waals surface area contributed by atoms with Gasteiger partial charge in [-0.15, -0.1) is 0 Å². The molecular formula is C20H21NO5. The van der Waals surface area contributed by atoms with Crippen molar-refractivity contribution in [3.63, 3.8) is 0 Å². The Morgan fingerprint density at radius 3 is 1.96 bits per heavy atom. The lowest BCUT2D eigenvalue weighted by Gasteiger charge is -2.10. The van der Waals surface area contributed by atoms with Crippen molar-refractivity contribution >= 4 is 23.8 Å². The van der Waals surface area contributed by atoms with E-state index in [0.29, 0.717) is 11.4 Å². The summed E-state index contributed by atoms with van der Waals surface area (Å²) in [5.74, 6) is -1.16. The monoisotopic (exact) mass is 355 g/mol. The van der Waals surface area contributed by atoms with Crippen molar-refractivity contribution in [2.45, 2.75) is 13.8 Å². The van der Waals surface area contributed by atoms with Gasteiger partial charge in [0.05, 0.1) is 18.9 Å². The first-order valence-electron chi connectivity index (χ1n) is 8.34. The summed E-state index contributed by atoms with van der Waals surface area (Å²) in [6, 6.07) is 16.4. The minimum absolute atomic E-state index is 0.175. The van der Waals surface area contributed by atoms with Gasteiger partial charge in [0.25, 0.3) is 0 Å². The van der Waals surface area contributed by atoms with Crippen LogP contribution in [0.3, 0.4) is 0 Å². The zero-order valence-corrected chi connectivity index (χ0v) is 14.8. The molecule has 0 saturated heterocycles. The van der Waals surface area contributed by atoms with Gasteiger partial charge in [-0.25, -0.2) is 0 Å². The van der Waals surface area contributed by atoms with Crippen LogP contribution in [0.4, 0.5) is 5.69 Å². The first-order chi connectivity index (χ1) is 12.6. The highest BCUT2D eigenvalue weighted by Crippen LogP contribution is 2.23. The third-order valence-electron chi connectivity index (χ3n) is 3.27. The van der Waals surface area contributed by atoms with Crippen LogP contribution in [0.15, 0.2) is 59.6 Å². The van der Waals surface area contributed by atoms with Gasteiger partial charge in [0.15, 0.2) is 5.92 Å². The van der Waals surface area contributed by atoms with Gasteiger partial charge in [-0.1, -0.05) is 18.2 Å². The first-order valence-corrected chi connectivity index (χ1v) is 8.34. The second kappa shape index (κ2) is 9.98. The van der Waals surface area contributed by atoms with E-state index in [4.69, 9.17) is 14.2 Å². The predicted octanol–water partition coefficient (Wildman–Crippen LogP) is 3.92. The summed E-state index contributed by atoms with van der Waals surface area (Å²) in [7, 11) is 0. The van der Waals surface area contributed by atoms with Crippen LogP contribution < -0.4 is 4.74 Å². The van der Waals surface area contributed by atoms with Crippen molar-refractivity contribution in [1.29, 1.82) is 0 Å². The average Bonchev–Trinajstić information content (AvgIpc) is 2.64. The molecule has 0 atom stereocenters. The van der Waals surface area contributed by atoms with Gasteiger partial charge in [-0.3, -0.25) is 14.6 Å². The third kappa shape index (κ3) is 5.73. The van der Waals surface area contributed by atoms with Crippen LogP contribution in [-0.4, -0.2) is 31.4 Å². The fraction of sp³-hybridized carbons (Fsp3) is 0.250. The van der Waals surface area contributed by atoms with Crippen LogP contribution in [0.1, 0.15) is 13.8 Å². The molecule has 0 aromatic heterocycles. The van der Waals surface area contributed by atoms with E-state index in [9.17, 15) is 9.59 Å². The molecule has 26 heavy (non-hydrogen) atoms. The van der Waals surface area contributed by atoms with Gasteiger partial charge >= 0.3 is 11.9 Å². The van der Waals surface area contributed by atoms with Gasteiger partial charge in [0.1, 0.15) is 11.5 Å². The number of nitrogens with zero attached hydrogens (tertiary/aromatic N) is 1. The normalized spacial score (nSPS) is 10.7. The van der Waals surface area contributed by atoms with E-state index >= 15 is 0 Å². The molecular weight excluding hydrogens is 334 g/mol. The molecule has 0 heterocycles. The molecule has 0 aliphatic carbocycles. The zero-order chi connectivity index (χ0) is 18.8. The van der Waals surface area contributed by atoms with Crippen LogP contribution in [-0.2, 0) is 19.1 Å². The molecule has 2 aromatic carbocycles. The smallest absolute Gasteiger partial charge is 0.325 e. The van der Waals surface area contributed by atoms with Crippen LogP contribution in [0, 0.1) is 5.92 Å². The lowest BCUT2D eigenvalue weighted by molar-refractivity contribution is -0.157. The van der Waals surface area contributed by atoms with Crippen molar-refractivity contribution in [2.75, 3.05) is 13.2 Å². The average molecular weight is 355 g/mol. The Morgan fingerprint density at radius 1 is 0.885 bits per heavy atom. The van der Waals surface area contributed by atoms with Crippen LogP contribution in [0.25, 0.3) is 0 Å². The number of aliphatic imine (C=N–C) groups is 1. The van der Waals surface area contributed by atoms with Gasteiger partial charge in [-0.2, -0.15) is 0 Å². The molecule has 0 aliphatic rings. The summed E-state index contributed by atoms with van der Waals surface area (Å²) in [5, 5.41) is 0. The largest absolute Gasteiger partial charge is 0.465 e. The van der Waals surface area contributed by atoms with E-state index in [1.165, 1.54) is 6.21 Å². The summed E-state index contributed by atoms with van der Waals surface area (Å²) in [6.07, 6.45) is 1.24. The number of hydrogen-bond donors (Lipinski definition) is 0. The third-order valence-corrected chi connectivity index (χ3v) is 3.27. The SMILES string of the molecule is CCOC(=O)C(C=Nc1ccc(Oc2ccccc2)cc1)C(=O)OCC. The number of hydrogen-bond acceptors (Lipinski definition) is 6. The lowest BCUT2D eigenvalue weighted by Crippen LogP contribution is -2.29. The molecule has 2 aromatic rings. The summed E-state index contributed by atoms with van der Waals surface area (Å²) < 4.78 is 15.5. The quantitative estimate of drug-likeness (QED) is 0.407. The standard InChI is InChI=1S/C20H21NO5/c1-3-24-19(22)18(20(23)25-4-2)14-21-15-10-12-17(13-11-15)26-16-8-6-5-7-9-16/h5-14,18H,3-4H2,1-2H3. The van der Waals surface area contributed by atoms with E-state index in [1.54, 1.807) is 38.1 Å². The number of esters is 2. The Balaban J connectivity index is 2.06. The van der Waals surface area contributed by atoms with Gasteiger partial charge in [-0.05, 0) is 50.2 Å². The Morgan fingerprint density at radius 2 is 1.42 bits per heavy atom. The summed E-state index contributed by atoms with van der Waals surface area (Å²) >= 11 is 0. The van der Waals surface area contributed by atoms with E-state index in [1.807, 2.05) is 30.3 Å². The van der Waals surface area contributed by atoms with Gasteiger partial charge in [0.2, 0.25) is 0 Å². The molecule has 136 valence electrons. The lowest BCUT2D eigenvalue weighted by atomic mass is 10.1. The second-order valence-corrected chi connectivity index (χ2v) is 5.17. The van der Waals surface area contributed by atoms with Crippen molar-refractivity contribution in [3.8, 4) is 11.5 Å². The van der Waals surface area contributed by atoms with Crippen molar-refractivity contribution < 1.29 is 23.8 Å². The molecule has 6 heteroatoms. The molecule has 0 aliphatic heterocycles. The first kappa shape index (κ1) is 19.2. The van der Waals surface area contributed by atoms with E-state index in [0.717, 1.165) is 5.75 Å². The van der Waals surface area contributed by atoms with E-state index in [2.05, 4.69) is 4.99 Å². The predicted molar refractivity (Wildman–Crippen MR) is 97.9 cm³/mol. The zero-order valence-electron chi connectivity index (χ0n) is 14.8. The van der Waals surface area contributed by atoms with Crippen LogP contribution >= 0.6 is 0 Å². The molecule has 0 amide bonds. The Hall–Kier alpha value is -3.15. The van der Waals surface area contributed by atoms with Gasteiger partial charge in [0, 0.05) is 6.21 Å². The number of ether oxygens (including phenoxy) is 3. The number of para-hydroxylation sites is 1. The maximum Gasteiger partial charge on any atom is 0.325 e. The highest BCUT2D eigenvalue weighted by molar-refractivity contribution is 6.09. The number of carbonyl (C=O) groups is 2.